The molecular formula is C15H12F3NO4S. The van der Waals surface area contributed by atoms with Gasteiger partial charge in [-0.1, -0.05) is 36.4 Å². The second kappa shape index (κ2) is 6.52. The molecule has 0 spiro atoms. The number of rotatable bonds is 5. The Balaban J connectivity index is 2.49. The molecule has 0 atom stereocenters. The smallest absolute Gasteiger partial charge is 0.494 e. The minimum Gasteiger partial charge on any atom is -0.494 e. The maximum Gasteiger partial charge on any atom is 0.516 e. The molecule has 0 heterocycles. The lowest BCUT2D eigenvalue weighted by Gasteiger charge is -2.15. The zero-order valence-electron chi connectivity index (χ0n) is 12.3. The first-order valence-corrected chi connectivity index (χ1v) is 8.01. The van der Waals surface area contributed by atoms with Gasteiger partial charge in [-0.05, 0) is 12.1 Å². The molecule has 2 aromatic carbocycles. The van der Waals surface area contributed by atoms with Gasteiger partial charge in [0.25, 0.3) is 0 Å². The van der Waals surface area contributed by atoms with Crippen molar-refractivity contribution in [2.75, 3.05) is 11.8 Å². The number of nitrogens with one attached hydrogen (secondary N) is 1. The summed E-state index contributed by atoms with van der Waals surface area (Å²) in [5.41, 5.74) is -5.74. The highest BCUT2D eigenvalue weighted by Crippen LogP contribution is 2.34. The summed E-state index contributed by atoms with van der Waals surface area (Å²) >= 11 is 0. The van der Waals surface area contributed by atoms with Gasteiger partial charge in [-0.15, -0.1) is 0 Å². The van der Waals surface area contributed by atoms with Crippen LogP contribution in [0.15, 0.2) is 48.5 Å². The summed E-state index contributed by atoms with van der Waals surface area (Å²) in [6.07, 6.45) is 0. The maximum absolute atomic E-state index is 12.5. The van der Waals surface area contributed by atoms with Crippen molar-refractivity contribution in [3.63, 3.8) is 0 Å². The molecule has 2 rings (SSSR count). The summed E-state index contributed by atoms with van der Waals surface area (Å²) in [5.74, 6) is -0.806. The number of ketones is 1. The zero-order chi connectivity index (χ0) is 18.0. The Kier molecular flexibility index (Phi) is 4.83. The van der Waals surface area contributed by atoms with Crippen molar-refractivity contribution in [1.29, 1.82) is 0 Å². The third-order valence-electron chi connectivity index (χ3n) is 3.05. The van der Waals surface area contributed by atoms with Crippen LogP contribution >= 0.6 is 0 Å². The molecule has 0 fully saturated rings. The normalized spacial score (nSPS) is 11.8. The number of methoxy groups -OCH3 is 1. The minimum absolute atomic E-state index is 0.0638. The van der Waals surface area contributed by atoms with E-state index in [2.05, 4.69) is 0 Å². The number of hydrogen-bond donors (Lipinski definition) is 1. The number of sulfonamides is 1. The lowest BCUT2D eigenvalue weighted by molar-refractivity contribution is -0.0429. The second-order valence-corrected chi connectivity index (χ2v) is 6.31. The molecular weight excluding hydrogens is 347 g/mol. The largest absolute Gasteiger partial charge is 0.516 e. The van der Waals surface area contributed by atoms with Crippen molar-refractivity contribution in [3.05, 3.63) is 59.7 Å². The van der Waals surface area contributed by atoms with Gasteiger partial charge < -0.3 is 4.74 Å². The van der Waals surface area contributed by atoms with Crippen LogP contribution in [0.5, 0.6) is 5.75 Å². The first-order valence-electron chi connectivity index (χ1n) is 6.53. The molecule has 0 saturated heterocycles. The van der Waals surface area contributed by atoms with Crippen LogP contribution < -0.4 is 9.46 Å². The zero-order valence-corrected chi connectivity index (χ0v) is 13.1. The minimum atomic E-state index is -5.63. The van der Waals surface area contributed by atoms with Gasteiger partial charge in [0.2, 0.25) is 0 Å². The molecule has 0 amide bonds. The van der Waals surface area contributed by atoms with Crippen LogP contribution in [0.1, 0.15) is 15.9 Å². The molecule has 0 radical (unpaired) electrons. The number of carbonyl (C=O) groups is 1. The number of benzene rings is 2. The second-order valence-electron chi connectivity index (χ2n) is 4.63. The van der Waals surface area contributed by atoms with Gasteiger partial charge in [0.1, 0.15) is 0 Å². The van der Waals surface area contributed by atoms with E-state index in [1.807, 2.05) is 0 Å². The van der Waals surface area contributed by atoms with E-state index in [1.54, 1.807) is 18.2 Å². The van der Waals surface area contributed by atoms with Gasteiger partial charge in [-0.25, -0.2) is 0 Å². The molecule has 0 saturated carbocycles. The van der Waals surface area contributed by atoms with Crippen LogP contribution in [0.4, 0.5) is 18.9 Å². The Morgan fingerprint density at radius 1 is 1.04 bits per heavy atom. The summed E-state index contributed by atoms with van der Waals surface area (Å²) in [6.45, 7) is 0. The summed E-state index contributed by atoms with van der Waals surface area (Å²) in [5, 5.41) is 0. The van der Waals surface area contributed by atoms with Gasteiger partial charge in [0.15, 0.2) is 11.5 Å². The van der Waals surface area contributed by atoms with Gasteiger partial charge in [-0.3, -0.25) is 9.52 Å². The van der Waals surface area contributed by atoms with Crippen LogP contribution in [0.3, 0.4) is 0 Å². The fourth-order valence-corrected chi connectivity index (χ4v) is 2.53. The molecule has 0 aliphatic rings. The number of ether oxygens (including phenoxy) is 1. The van der Waals surface area contributed by atoms with Gasteiger partial charge >= 0.3 is 15.5 Å². The van der Waals surface area contributed by atoms with Crippen molar-refractivity contribution in [1.82, 2.24) is 0 Å². The standard InChI is InChI=1S/C15H12F3NO4S/c1-23-14-11(13(20)10-6-3-2-4-7-10)8-5-9-12(14)19-24(21,22)15(16,17)18/h2-9,19H,1H3. The third kappa shape index (κ3) is 3.51. The fourth-order valence-electron chi connectivity index (χ4n) is 1.96. The molecule has 1 N–H and O–H groups in total. The van der Waals surface area contributed by atoms with E-state index >= 15 is 0 Å². The molecule has 0 unspecified atom stereocenters. The molecule has 9 heteroatoms. The molecule has 5 nitrogen and oxygen atoms in total. The fraction of sp³-hybridized carbons (Fsp3) is 0.133. The molecule has 2 aromatic rings. The quantitative estimate of drug-likeness (QED) is 0.832. The topological polar surface area (TPSA) is 72.5 Å². The number of para-hydroxylation sites is 1. The Labute approximate surface area is 136 Å². The highest BCUT2D eigenvalue weighted by atomic mass is 32.2. The first kappa shape index (κ1) is 17.8. The maximum atomic E-state index is 12.5. The van der Waals surface area contributed by atoms with Gasteiger partial charge in [-0.2, -0.15) is 21.6 Å². The Morgan fingerprint density at radius 3 is 2.21 bits per heavy atom. The SMILES string of the molecule is COc1c(NS(=O)(=O)C(F)(F)F)cccc1C(=O)c1ccccc1. The average molecular weight is 359 g/mol. The van der Waals surface area contributed by atoms with E-state index in [0.717, 1.165) is 13.2 Å². The van der Waals surface area contributed by atoms with E-state index in [4.69, 9.17) is 4.74 Å². The van der Waals surface area contributed by atoms with Crippen molar-refractivity contribution in [2.24, 2.45) is 0 Å². The Hall–Kier alpha value is -2.55. The van der Waals surface area contributed by atoms with Crippen LogP contribution in [0, 0.1) is 0 Å². The first-order chi connectivity index (χ1) is 11.2. The molecule has 0 bridgehead atoms. The summed E-state index contributed by atoms with van der Waals surface area (Å²) < 4.78 is 66.4. The van der Waals surface area contributed by atoms with Crippen molar-refractivity contribution in [3.8, 4) is 5.75 Å². The molecule has 0 aliphatic carbocycles. The van der Waals surface area contributed by atoms with Gasteiger partial charge in [0.05, 0.1) is 18.4 Å². The lowest BCUT2D eigenvalue weighted by atomic mass is 10.0. The predicted molar refractivity (Wildman–Crippen MR) is 81.5 cm³/mol. The van der Waals surface area contributed by atoms with E-state index in [1.165, 1.54) is 29.0 Å². The van der Waals surface area contributed by atoms with Crippen molar-refractivity contribution in [2.45, 2.75) is 5.51 Å². The number of hydrogen-bond acceptors (Lipinski definition) is 4. The molecule has 0 aromatic heterocycles. The Bertz CT molecular complexity index is 849. The number of anilines is 1. The number of halogens is 3. The van der Waals surface area contributed by atoms with Crippen LogP contribution in [0.2, 0.25) is 0 Å². The highest BCUT2D eigenvalue weighted by Gasteiger charge is 2.46. The summed E-state index contributed by atoms with van der Waals surface area (Å²) in [6, 6.07) is 11.6. The average Bonchev–Trinajstić information content (AvgIpc) is 2.53. The van der Waals surface area contributed by atoms with Crippen molar-refractivity contribution >= 4 is 21.5 Å². The van der Waals surface area contributed by atoms with Crippen LogP contribution in [-0.4, -0.2) is 26.8 Å². The van der Waals surface area contributed by atoms with Gasteiger partial charge in [0, 0.05) is 5.56 Å². The van der Waals surface area contributed by atoms with E-state index in [-0.39, 0.29) is 16.9 Å². The summed E-state index contributed by atoms with van der Waals surface area (Å²) in [7, 11) is -4.50. The van der Waals surface area contributed by atoms with Crippen LogP contribution in [0.25, 0.3) is 0 Å². The third-order valence-corrected chi connectivity index (χ3v) is 4.15. The van der Waals surface area contributed by atoms with E-state index in [9.17, 15) is 26.4 Å². The van der Waals surface area contributed by atoms with E-state index < -0.39 is 27.0 Å². The molecule has 0 aliphatic heterocycles. The van der Waals surface area contributed by atoms with E-state index in [0.29, 0.717) is 0 Å². The Morgan fingerprint density at radius 2 is 1.67 bits per heavy atom. The number of alkyl halides is 3. The predicted octanol–water partition coefficient (Wildman–Crippen LogP) is 3.19. The van der Waals surface area contributed by atoms with Crippen LogP contribution in [-0.2, 0) is 10.0 Å². The monoisotopic (exact) mass is 359 g/mol. The lowest BCUT2D eigenvalue weighted by Crippen LogP contribution is -2.30. The highest BCUT2D eigenvalue weighted by molar-refractivity contribution is 7.93. The van der Waals surface area contributed by atoms with Crippen molar-refractivity contribution < 1.29 is 31.1 Å². The molecule has 128 valence electrons. The molecule has 24 heavy (non-hydrogen) atoms. The summed E-state index contributed by atoms with van der Waals surface area (Å²) in [4.78, 5) is 12.5. The number of carbonyl (C=O) groups excluding carboxylic acids is 1.